The molecule has 1 aliphatic heterocycles. The fourth-order valence-corrected chi connectivity index (χ4v) is 9.62. The number of piperidine rings is 1. The highest BCUT2D eigenvalue weighted by Gasteiger charge is 2.44. The Balaban J connectivity index is 2.13. The quantitative estimate of drug-likeness (QED) is 0.145. The van der Waals surface area contributed by atoms with Gasteiger partial charge in [0.15, 0.2) is 0 Å². The second kappa shape index (κ2) is 14.2. The zero-order valence-corrected chi connectivity index (χ0v) is 33.8. The normalized spacial score (nSPS) is 16.6. The van der Waals surface area contributed by atoms with Gasteiger partial charge in [-0.05, 0) is 40.5 Å². The van der Waals surface area contributed by atoms with E-state index in [1.165, 1.54) is 0 Å². The number of hydroxylamine groups is 2. The molecule has 0 saturated carbocycles. The number of rotatable bonds is 4. The number of benzene rings is 3. The molecule has 3 aromatic rings. The lowest BCUT2D eigenvalue weighted by Crippen LogP contribution is -2.56. The summed E-state index contributed by atoms with van der Waals surface area (Å²) in [4.78, 5) is 0. The molecule has 45 heavy (non-hydrogen) atoms. The third-order valence-electron chi connectivity index (χ3n) is 7.45. The van der Waals surface area contributed by atoms with Crippen LogP contribution in [0.3, 0.4) is 0 Å². The van der Waals surface area contributed by atoms with Crippen molar-refractivity contribution in [3.8, 4) is 0 Å². The van der Waals surface area contributed by atoms with Gasteiger partial charge in [-0.15, -0.1) is 10.3 Å². The minimum Gasteiger partial charge on any atom is -0.143 e. The first-order chi connectivity index (χ1) is 20.6. The van der Waals surface area contributed by atoms with Crippen LogP contribution in [-0.2, 0) is 5.21 Å². The monoisotopic (exact) mass is 886 g/mol. The SMILES string of the molecule is CC1(C)CC(=Cc2c(Cl)c(Cl)c(C(c3c(Cl)c(Cl)c(Cl)c(Cl)c3Cl)c3c(Cl)c(Cl)c(Cl)c(Cl)c3Cl)c(Cl)c2Cl)CC(C)(C)N1[O]. The summed E-state index contributed by atoms with van der Waals surface area (Å²) in [5.41, 5.74) is -0.0121. The van der Waals surface area contributed by atoms with Gasteiger partial charge in [0.05, 0.1) is 70.3 Å². The average molecular weight is 893 g/mol. The van der Waals surface area contributed by atoms with E-state index >= 15 is 0 Å². The van der Waals surface area contributed by atoms with E-state index in [4.69, 9.17) is 162 Å². The fourth-order valence-electron chi connectivity index (χ4n) is 5.67. The van der Waals surface area contributed by atoms with Crippen molar-refractivity contribution >= 4 is 168 Å². The van der Waals surface area contributed by atoms with E-state index in [1.807, 2.05) is 27.7 Å². The zero-order chi connectivity index (χ0) is 34.2. The lowest BCUT2D eigenvalue weighted by molar-refractivity contribution is -0.279. The van der Waals surface area contributed by atoms with Gasteiger partial charge >= 0.3 is 0 Å². The maximum absolute atomic E-state index is 12.9. The summed E-state index contributed by atoms with van der Waals surface area (Å²) < 4.78 is 0. The topological polar surface area (TPSA) is 23.1 Å². The van der Waals surface area contributed by atoms with E-state index in [0.29, 0.717) is 18.4 Å². The Bertz CT molecular complexity index is 1610. The summed E-state index contributed by atoms with van der Waals surface area (Å²) in [6, 6.07) is 0. The van der Waals surface area contributed by atoms with Crippen LogP contribution in [0.1, 0.15) is 68.7 Å². The van der Waals surface area contributed by atoms with E-state index in [-0.39, 0.29) is 87.0 Å². The molecule has 0 bridgehead atoms. The molecule has 1 radical (unpaired) electrons. The third kappa shape index (κ3) is 6.88. The number of hydrogen-bond donors (Lipinski definition) is 0. The Labute approximate surface area is 331 Å². The van der Waals surface area contributed by atoms with Crippen molar-refractivity contribution in [3.63, 3.8) is 0 Å². The highest BCUT2D eigenvalue weighted by atomic mass is 35.5. The van der Waals surface area contributed by atoms with Gasteiger partial charge < -0.3 is 0 Å². The van der Waals surface area contributed by atoms with Crippen LogP contribution in [0.4, 0.5) is 0 Å². The average Bonchev–Trinajstić information content (AvgIpc) is 2.96. The molecule has 0 unspecified atom stereocenters. The van der Waals surface area contributed by atoms with Crippen LogP contribution in [0.5, 0.6) is 0 Å². The lowest BCUT2D eigenvalue weighted by Gasteiger charge is -2.47. The summed E-state index contributed by atoms with van der Waals surface area (Å²) in [5, 5.41) is 12.7. The fraction of sp³-hybridized carbons (Fsp3) is 0.310. The van der Waals surface area contributed by atoms with Crippen LogP contribution < -0.4 is 0 Å². The lowest BCUT2D eigenvalue weighted by atomic mass is 9.78. The predicted molar refractivity (Wildman–Crippen MR) is 198 cm³/mol. The van der Waals surface area contributed by atoms with Crippen molar-refractivity contribution in [2.45, 2.75) is 57.5 Å². The molecule has 0 aliphatic carbocycles. The third-order valence-corrected chi connectivity index (χ3v) is 13.8. The summed E-state index contributed by atoms with van der Waals surface area (Å²) in [6.07, 6.45) is 2.65. The van der Waals surface area contributed by atoms with Gasteiger partial charge in [-0.25, -0.2) is 0 Å². The Kier molecular flexibility index (Phi) is 12.3. The largest absolute Gasteiger partial charge is 0.143 e. The van der Waals surface area contributed by atoms with E-state index < -0.39 is 17.0 Å². The Morgan fingerprint density at radius 1 is 0.467 bits per heavy atom. The summed E-state index contributed by atoms with van der Waals surface area (Å²) in [7, 11) is 0. The zero-order valence-electron chi connectivity index (χ0n) is 23.2. The maximum Gasteiger partial charge on any atom is 0.0809 e. The van der Waals surface area contributed by atoms with Crippen molar-refractivity contribution < 1.29 is 5.21 Å². The first-order valence-electron chi connectivity index (χ1n) is 12.6. The maximum atomic E-state index is 12.9. The number of halogens is 14. The second-order valence-corrected chi connectivity index (χ2v) is 16.9. The van der Waals surface area contributed by atoms with Gasteiger partial charge in [-0.2, -0.15) is 0 Å². The summed E-state index contributed by atoms with van der Waals surface area (Å²) in [6.45, 7) is 7.43. The van der Waals surface area contributed by atoms with Crippen molar-refractivity contribution in [3.05, 3.63) is 98.1 Å². The van der Waals surface area contributed by atoms with Crippen LogP contribution in [0, 0.1) is 0 Å². The molecule has 0 atom stereocenters. The van der Waals surface area contributed by atoms with Gasteiger partial charge in [0.1, 0.15) is 0 Å². The molecule has 2 nitrogen and oxygen atoms in total. The molecule has 243 valence electrons. The van der Waals surface area contributed by atoms with Crippen molar-refractivity contribution in [1.29, 1.82) is 0 Å². The smallest absolute Gasteiger partial charge is 0.0809 e. The molecule has 4 rings (SSSR count). The molecule has 0 N–H and O–H groups in total. The van der Waals surface area contributed by atoms with Crippen LogP contribution in [0.15, 0.2) is 5.57 Å². The van der Waals surface area contributed by atoms with Crippen molar-refractivity contribution in [2.75, 3.05) is 0 Å². The van der Waals surface area contributed by atoms with E-state index in [2.05, 4.69) is 0 Å². The first kappa shape index (κ1) is 39.2. The van der Waals surface area contributed by atoms with E-state index in [9.17, 15) is 5.21 Å². The van der Waals surface area contributed by atoms with Crippen molar-refractivity contribution in [1.82, 2.24) is 5.06 Å². The van der Waals surface area contributed by atoms with Crippen molar-refractivity contribution in [2.24, 2.45) is 0 Å². The molecule has 1 saturated heterocycles. The second-order valence-electron chi connectivity index (χ2n) is 11.6. The van der Waals surface area contributed by atoms with Crippen LogP contribution in [-0.4, -0.2) is 16.1 Å². The predicted octanol–water partition coefficient (Wildman–Crippen LogP) is 16.4. The van der Waals surface area contributed by atoms with Gasteiger partial charge in [0.25, 0.3) is 0 Å². The van der Waals surface area contributed by atoms with Crippen LogP contribution >= 0.6 is 162 Å². The van der Waals surface area contributed by atoms with Gasteiger partial charge in [-0.3, -0.25) is 0 Å². The minimum absolute atomic E-state index is 0.0236. The Morgan fingerprint density at radius 3 is 1.00 bits per heavy atom. The first-order valence-corrected chi connectivity index (χ1v) is 17.9. The molecule has 16 heteroatoms. The molecule has 1 aliphatic rings. The molecule has 0 spiro atoms. The van der Waals surface area contributed by atoms with Gasteiger partial charge in [0, 0.05) is 39.2 Å². The molecule has 1 fully saturated rings. The molecule has 0 aromatic heterocycles. The number of nitrogens with zero attached hydrogens (tertiary/aromatic N) is 1. The molecular weight excluding hydrogens is 875 g/mol. The minimum atomic E-state index is -1.28. The van der Waals surface area contributed by atoms with Gasteiger partial charge in [-0.1, -0.05) is 174 Å². The van der Waals surface area contributed by atoms with Crippen LogP contribution in [0.25, 0.3) is 6.08 Å². The standard InChI is InChI=1S/C29H18Cl14NO/c1-28(2)6-8(7-29(3,4)44(28)45)5-9-14(30)16(32)11(17(33)15(9)31)10(12-18(34)22(38)26(42)23(39)19(12)35)13-20(36)24(40)27(43)25(41)21(13)37/h5,10H,6-7H2,1-4H3. The number of hydrogen-bond acceptors (Lipinski definition) is 1. The molecule has 3 aromatic carbocycles. The summed E-state index contributed by atoms with van der Waals surface area (Å²) in [5.74, 6) is -1.28. The van der Waals surface area contributed by atoms with E-state index in [0.717, 1.165) is 10.6 Å². The highest BCUT2D eigenvalue weighted by Crippen LogP contribution is 2.58. The highest BCUT2D eigenvalue weighted by molar-refractivity contribution is 6.57. The molecular formula is C29H18Cl14NO. The summed E-state index contributed by atoms with van der Waals surface area (Å²) >= 11 is 93.6. The molecule has 1 heterocycles. The Morgan fingerprint density at radius 2 is 0.711 bits per heavy atom. The Hall–Kier alpha value is 1.38. The molecule has 0 amide bonds. The van der Waals surface area contributed by atoms with Gasteiger partial charge in [0.2, 0.25) is 0 Å². The van der Waals surface area contributed by atoms with E-state index in [1.54, 1.807) is 6.08 Å². The van der Waals surface area contributed by atoms with Crippen LogP contribution in [0.2, 0.25) is 70.3 Å².